The summed E-state index contributed by atoms with van der Waals surface area (Å²) in [5, 5.41) is 9.90. The lowest BCUT2D eigenvalue weighted by atomic mass is 9.77. The van der Waals surface area contributed by atoms with Crippen LogP contribution in [0.3, 0.4) is 0 Å². The monoisotopic (exact) mass is 455 g/mol. The molecule has 1 fully saturated rings. The number of primary amides is 1. The second-order valence-electron chi connectivity index (χ2n) is 9.37. The smallest absolute Gasteiger partial charge is 0.407 e. The van der Waals surface area contributed by atoms with Crippen molar-refractivity contribution >= 4 is 34.7 Å². The van der Waals surface area contributed by atoms with Gasteiger partial charge in [-0.2, -0.15) is 0 Å². The number of nitrogens with zero attached hydrogens (tertiary/aromatic N) is 2. The molecule has 8 heteroatoms. The van der Waals surface area contributed by atoms with E-state index in [4.69, 9.17) is 26.7 Å². The summed E-state index contributed by atoms with van der Waals surface area (Å²) >= 11 is 6.20. The third-order valence-electron chi connectivity index (χ3n) is 6.17. The SMILES string of the molecule is CC(C)(C)C1CC(c2nc3cc(-c4ccc(C(N)=O)c(Cl)c4)ccc3o2)CCN1C(=O)O. The van der Waals surface area contributed by atoms with Gasteiger partial charge in [-0.15, -0.1) is 0 Å². The van der Waals surface area contributed by atoms with Gasteiger partial charge in [0.05, 0.1) is 10.6 Å². The van der Waals surface area contributed by atoms with Crippen LogP contribution in [-0.2, 0) is 0 Å². The lowest BCUT2D eigenvalue weighted by Gasteiger charge is -2.43. The Morgan fingerprint density at radius 2 is 1.88 bits per heavy atom. The molecule has 2 atom stereocenters. The number of hydrogen-bond acceptors (Lipinski definition) is 4. The normalized spacial score (nSPS) is 19.3. The molecule has 168 valence electrons. The highest BCUT2D eigenvalue weighted by Gasteiger charge is 2.40. The lowest BCUT2D eigenvalue weighted by molar-refractivity contribution is 0.0494. The van der Waals surface area contributed by atoms with Gasteiger partial charge in [0.25, 0.3) is 0 Å². The third-order valence-corrected chi connectivity index (χ3v) is 6.48. The first-order valence-electron chi connectivity index (χ1n) is 10.5. The van der Waals surface area contributed by atoms with Crippen molar-refractivity contribution in [3.05, 3.63) is 52.9 Å². The molecule has 2 aromatic carbocycles. The molecule has 4 rings (SSSR count). The zero-order valence-electron chi connectivity index (χ0n) is 18.3. The minimum absolute atomic E-state index is 0.0509. The number of halogens is 1. The Morgan fingerprint density at radius 3 is 2.50 bits per heavy atom. The number of benzene rings is 2. The van der Waals surface area contributed by atoms with Gasteiger partial charge in [-0.1, -0.05) is 44.5 Å². The van der Waals surface area contributed by atoms with E-state index in [1.54, 1.807) is 18.2 Å². The number of rotatable bonds is 3. The minimum Gasteiger partial charge on any atom is -0.465 e. The predicted octanol–water partition coefficient (Wildman–Crippen LogP) is 5.52. The van der Waals surface area contributed by atoms with Crippen LogP contribution in [0.4, 0.5) is 4.79 Å². The molecular formula is C24H26ClN3O4. The maximum Gasteiger partial charge on any atom is 0.407 e. The summed E-state index contributed by atoms with van der Waals surface area (Å²) in [6.45, 7) is 6.63. The van der Waals surface area contributed by atoms with Crippen molar-refractivity contribution in [1.29, 1.82) is 0 Å². The summed E-state index contributed by atoms with van der Waals surface area (Å²) in [6.07, 6.45) is 0.453. The van der Waals surface area contributed by atoms with Crippen LogP contribution in [0.2, 0.25) is 5.02 Å². The van der Waals surface area contributed by atoms with Crippen LogP contribution in [-0.4, -0.2) is 39.6 Å². The van der Waals surface area contributed by atoms with E-state index in [0.29, 0.717) is 35.9 Å². The van der Waals surface area contributed by atoms with Crippen LogP contribution in [0.5, 0.6) is 0 Å². The zero-order chi connectivity index (χ0) is 23.2. The third kappa shape index (κ3) is 4.17. The van der Waals surface area contributed by atoms with Crippen molar-refractivity contribution < 1.29 is 19.1 Å². The van der Waals surface area contributed by atoms with Gasteiger partial charge in [0.15, 0.2) is 11.5 Å². The number of oxazole rings is 1. The number of amides is 2. The highest BCUT2D eigenvalue weighted by atomic mass is 35.5. The number of carboxylic acid groups (broad SMARTS) is 1. The second kappa shape index (κ2) is 8.13. The van der Waals surface area contributed by atoms with E-state index in [2.05, 4.69) is 20.8 Å². The number of likely N-dealkylation sites (tertiary alicyclic amines) is 1. The molecule has 0 saturated carbocycles. The number of fused-ring (bicyclic) bond motifs is 1. The maximum absolute atomic E-state index is 11.7. The molecule has 3 aromatic rings. The van der Waals surface area contributed by atoms with Gasteiger partial charge in [-0.05, 0) is 53.6 Å². The molecule has 32 heavy (non-hydrogen) atoms. The number of hydrogen-bond donors (Lipinski definition) is 2. The first kappa shape index (κ1) is 22.1. The number of piperidine rings is 1. The molecule has 2 unspecified atom stereocenters. The molecule has 1 aromatic heterocycles. The van der Waals surface area contributed by atoms with Crippen molar-refractivity contribution in [2.75, 3.05) is 6.54 Å². The Bertz CT molecular complexity index is 1200. The summed E-state index contributed by atoms with van der Waals surface area (Å²) < 4.78 is 6.07. The summed E-state index contributed by atoms with van der Waals surface area (Å²) in [7, 11) is 0. The van der Waals surface area contributed by atoms with Gasteiger partial charge in [-0.3, -0.25) is 4.79 Å². The molecular weight excluding hydrogens is 430 g/mol. The Labute approximate surface area is 191 Å². The molecule has 1 saturated heterocycles. The molecule has 2 amide bonds. The van der Waals surface area contributed by atoms with Gasteiger partial charge < -0.3 is 20.2 Å². The topological polar surface area (TPSA) is 110 Å². The van der Waals surface area contributed by atoms with Crippen molar-refractivity contribution in [1.82, 2.24) is 9.88 Å². The zero-order valence-corrected chi connectivity index (χ0v) is 19.0. The molecule has 1 aliphatic rings. The summed E-state index contributed by atoms with van der Waals surface area (Å²) in [5.41, 5.74) is 8.56. The van der Waals surface area contributed by atoms with Crippen LogP contribution in [0, 0.1) is 5.41 Å². The highest BCUT2D eigenvalue weighted by molar-refractivity contribution is 6.34. The fourth-order valence-electron chi connectivity index (χ4n) is 4.43. The molecule has 1 aliphatic heterocycles. The molecule has 0 aliphatic carbocycles. The van der Waals surface area contributed by atoms with Crippen LogP contribution < -0.4 is 5.73 Å². The van der Waals surface area contributed by atoms with E-state index in [1.807, 2.05) is 18.2 Å². The largest absolute Gasteiger partial charge is 0.465 e. The molecule has 3 N–H and O–H groups in total. The predicted molar refractivity (Wildman–Crippen MR) is 123 cm³/mol. The first-order valence-corrected chi connectivity index (χ1v) is 10.9. The Balaban J connectivity index is 1.63. The first-order chi connectivity index (χ1) is 15.0. The molecule has 2 heterocycles. The van der Waals surface area contributed by atoms with E-state index in [-0.39, 0.29) is 22.9 Å². The number of aromatic nitrogens is 1. The van der Waals surface area contributed by atoms with Crippen LogP contribution >= 0.6 is 11.6 Å². The van der Waals surface area contributed by atoms with E-state index < -0.39 is 12.0 Å². The van der Waals surface area contributed by atoms with E-state index in [0.717, 1.165) is 16.6 Å². The van der Waals surface area contributed by atoms with Crippen LogP contribution in [0.1, 0.15) is 55.8 Å². The quantitative estimate of drug-likeness (QED) is 0.540. The summed E-state index contributed by atoms with van der Waals surface area (Å²) in [4.78, 5) is 29.4. The van der Waals surface area contributed by atoms with E-state index in [1.165, 1.54) is 4.90 Å². The van der Waals surface area contributed by atoms with Crippen molar-refractivity contribution in [2.24, 2.45) is 11.1 Å². The van der Waals surface area contributed by atoms with Gasteiger partial charge in [0, 0.05) is 18.5 Å². The van der Waals surface area contributed by atoms with Gasteiger partial charge in [-0.25, -0.2) is 9.78 Å². The minimum atomic E-state index is -0.883. The fourth-order valence-corrected chi connectivity index (χ4v) is 4.71. The van der Waals surface area contributed by atoms with E-state index >= 15 is 0 Å². The Hall–Kier alpha value is -3.06. The number of carbonyl (C=O) groups is 2. The number of carbonyl (C=O) groups excluding carboxylic acids is 1. The standard InChI is InChI=1S/C24H26ClN3O4/c1-24(2,3)20-12-15(8-9-28(20)23(30)31)22-27-18-11-14(5-7-19(18)32-22)13-4-6-16(21(26)29)17(25)10-13/h4-7,10-11,15,20H,8-9,12H2,1-3H3,(H2,26,29)(H,30,31). The van der Waals surface area contributed by atoms with Gasteiger partial charge >= 0.3 is 6.09 Å². The maximum atomic E-state index is 11.7. The number of nitrogens with two attached hydrogens (primary N) is 1. The molecule has 0 spiro atoms. The molecule has 0 radical (unpaired) electrons. The van der Waals surface area contributed by atoms with Gasteiger partial charge in [0.2, 0.25) is 5.91 Å². The summed E-state index contributed by atoms with van der Waals surface area (Å²) in [5.74, 6) is 0.120. The lowest BCUT2D eigenvalue weighted by Crippen LogP contribution is -2.51. The van der Waals surface area contributed by atoms with Crippen molar-refractivity contribution in [3.63, 3.8) is 0 Å². The second-order valence-corrected chi connectivity index (χ2v) is 9.78. The average molecular weight is 456 g/mol. The van der Waals surface area contributed by atoms with Gasteiger partial charge in [0.1, 0.15) is 5.52 Å². The summed E-state index contributed by atoms with van der Waals surface area (Å²) in [6, 6.07) is 10.7. The van der Waals surface area contributed by atoms with Crippen LogP contribution in [0.15, 0.2) is 40.8 Å². The average Bonchev–Trinajstić information content (AvgIpc) is 3.15. The molecule has 0 bridgehead atoms. The van der Waals surface area contributed by atoms with Crippen molar-refractivity contribution in [2.45, 2.75) is 45.6 Å². The van der Waals surface area contributed by atoms with E-state index in [9.17, 15) is 14.7 Å². The Morgan fingerprint density at radius 1 is 1.19 bits per heavy atom. The van der Waals surface area contributed by atoms with Crippen molar-refractivity contribution in [3.8, 4) is 11.1 Å². The van der Waals surface area contributed by atoms with Crippen LogP contribution in [0.25, 0.3) is 22.2 Å². The Kier molecular flexibility index (Phi) is 5.63. The fraction of sp³-hybridized carbons (Fsp3) is 0.375. The highest BCUT2D eigenvalue weighted by Crippen LogP contribution is 2.40. The molecule has 7 nitrogen and oxygen atoms in total.